The Labute approximate surface area is 133 Å². The largest absolute Gasteiger partial charge is 0.232 e. The lowest BCUT2D eigenvalue weighted by Crippen LogP contribution is -1.91. The highest BCUT2D eigenvalue weighted by molar-refractivity contribution is 6.13. The first-order valence-electron chi connectivity index (χ1n) is 7.76. The van der Waals surface area contributed by atoms with Crippen LogP contribution >= 0.6 is 0 Å². The Kier molecular flexibility index (Phi) is 2.53. The molecule has 0 aliphatic heterocycles. The molecular weight excluding hydrogens is 280 g/mol. The van der Waals surface area contributed by atoms with Gasteiger partial charge < -0.3 is 0 Å². The maximum absolute atomic E-state index is 4.70. The minimum atomic E-state index is 1.15. The van der Waals surface area contributed by atoms with E-state index >= 15 is 0 Å². The Morgan fingerprint density at radius 3 is 2.22 bits per heavy atom. The zero-order valence-electron chi connectivity index (χ0n) is 12.5. The minimum absolute atomic E-state index is 1.15. The summed E-state index contributed by atoms with van der Waals surface area (Å²) in [4.78, 5) is 0. The van der Waals surface area contributed by atoms with Gasteiger partial charge in [-0.2, -0.15) is 5.10 Å². The molecule has 0 radical (unpaired) electrons. The van der Waals surface area contributed by atoms with Crippen LogP contribution in [-0.4, -0.2) is 9.61 Å². The van der Waals surface area contributed by atoms with Gasteiger partial charge in [-0.25, -0.2) is 4.52 Å². The summed E-state index contributed by atoms with van der Waals surface area (Å²) in [6.45, 7) is 0. The van der Waals surface area contributed by atoms with Crippen molar-refractivity contribution in [2.45, 2.75) is 0 Å². The Morgan fingerprint density at radius 1 is 0.652 bits per heavy atom. The number of aromatic nitrogens is 2. The van der Waals surface area contributed by atoms with E-state index in [4.69, 9.17) is 5.10 Å². The van der Waals surface area contributed by atoms with E-state index in [2.05, 4.69) is 83.4 Å². The fraction of sp³-hybridized carbons (Fsp3) is 0. The quantitative estimate of drug-likeness (QED) is 0.409. The second-order valence-corrected chi connectivity index (χ2v) is 5.75. The van der Waals surface area contributed by atoms with E-state index in [1.54, 1.807) is 0 Å². The molecule has 0 bridgehead atoms. The summed E-state index contributed by atoms with van der Waals surface area (Å²) in [5, 5.41) is 8.34. The van der Waals surface area contributed by atoms with Crippen LogP contribution in [-0.2, 0) is 0 Å². The lowest BCUT2D eigenvalue weighted by Gasteiger charge is -2.05. The summed E-state index contributed by atoms with van der Waals surface area (Å²) >= 11 is 0. The third kappa shape index (κ3) is 1.72. The van der Waals surface area contributed by atoms with Crippen molar-refractivity contribution in [3.8, 4) is 11.1 Å². The topological polar surface area (TPSA) is 17.3 Å². The van der Waals surface area contributed by atoms with Gasteiger partial charge >= 0.3 is 0 Å². The molecular formula is C21H14N2. The number of hydrogen-bond donors (Lipinski definition) is 0. The predicted octanol–water partition coefficient (Wildman–Crippen LogP) is 5.31. The molecule has 5 rings (SSSR count). The molecule has 108 valence electrons. The molecule has 2 heteroatoms. The molecule has 23 heavy (non-hydrogen) atoms. The molecule has 0 amide bonds. The molecule has 3 aromatic carbocycles. The average Bonchev–Trinajstić information content (AvgIpc) is 2.97. The van der Waals surface area contributed by atoms with Gasteiger partial charge in [-0.3, -0.25) is 0 Å². The Hall–Kier alpha value is -3.13. The van der Waals surface area contributed by atoms with Crippen LogP contribution in [0.4, 0.5) is 0 Å². The highest BCUT2D eigenvalue weighted by atomic mass is 15.2. The summed E-state index contributed by atoms with van der Waals surface area (Å²) in [6.07, 6.45) is 1.95. The van der Waals surface area contributed by atoms with E-state index in [1.807, 2.05) is 6.20 Å². The van der Waals surface area contributed by atoms with E-state index in [0.29, 0.717) is 0 Å². The van der Waals surface area contributed by atoms with Gasteiger partial charge in [-0.1, -0.05) is 72.8 Å². The molecule has 0 N–H and O–H groups in total. The molecule has 5 aromatic rings. The molecule has 2 nitrogen and oxygen atoms in total. The molecule has 0 aliphatic rings. The first-order valence-corrected chi connectivity index (χ1v) is 7.76. The SMILES string of the molecule is c1ccc(-c2c3ccccc3n3ncc4ccccc4c23)cc1. The fourth-order valence-corrected chi connectivity index (χ4v) is 3.43. The van der Waals surface area contributed by atoms with Crippen LogP contribution in [0.1, 0.15) is 0 Å². The molecule has 2 aromatic heterocycles. The van der Waals surface area contributed by atoms with Crippen molar-refractivity contribution in [2.24, 2.45) is 0 Å². The zero-order chi connectivity index (χ0) is 15.2. The van der Waals surface area contributed by atoms with E-state index in [0.717, 1.165) is 5.52 Å². The van der Waals surface area contributed by atoms with E-state index in [1.165, 1.54) is 32.8 Å². The van der Waals surface area contributed by atoms with Gasteiger partial charge in [0.25, 0.3) is 0 Å². The van der Waals surface area contributed by atoms with Gasteiger partial charge in [0, 0.05) is 21.7 Å². The minimum Gasteiger partial charge on any atom is -0.232 e. The number of nitrogens with zero attached hydrogens (tertiary/aromatic N) is 2. The standard InChI is InChI=1S/C21H14N2/c1-2-8-15(9-3-1)20-18-12-6-7-13-19(18)23-21(20)17-11-5-4-10-16(17)14-22-23/h1-14H. The van der Waals surface area contributed by atoms with Crippen LogP contribution in [0.25, 0.3) is 38.3 Å². The van der Waals surface area contributed by atoms with Gasteiger partial charge in [0.05, 0.1) is 17.2 Å². The maximum Gasteiger partial charge on any atom is 0.0816 e. The summed E-state index contributed by atoms with van der Waals surface area (Å²) in [5.41, 5.74) is 4.80. The second-order valence-electron chi connectivity index (χ2n) is 5.75. The smallest absolute Gasteiger partial charge is 0.0816 e. The molecule has 0 atom stereocenters. The van der Waals surface area contributed by atoms with Gasteiger partial charge in [0.2, 0.25) is 0 Å². The molecule has 0 aliphatic carbocycles. The van der Waals surface area contributed by atoms with Crippen LogP contribution in [0, 0.1) is 0 Å². The second kappa shape index (κ2) is 4.68. The predicted molar refractivity (Wildman–Crippen MR) is 95.6 cm³/mol. The summed E-state index contributed by atoms with van der Waals surface area (Å²) in [5.74, 6) is 0. The van der Waals surface area contributed by atoms with Crippen LogP contribution < -0.4 is 0 Å². The normalized spacial score (nSPS) is 11.5. The van der Waals surface area contributed by atoms with E-state index < -0.39 is 0 Å². The zero-order valence-corrected chi connectivity index (χ0v) is 12.5. The lowest BCUT2D eigenvalue weighted by atomic mass is 10.0. The fourth-order valence-electron chi connectivity index (χ4n) is 3.43. The van der Waals surface area contributed by atoms with E-state index in [-0.39, 0.29) is 0 Å². The molecule has 0 unspecified atom stereocenters. The maximum atomic E-state index is 4.70. The highest BCUT2D eigenvalue weighted by Gasteiger charge is 2.16. The Bertz CT molecular complexity index is 1150. The number of para-hydroxylation sites is 1. The van der Waals surface area contributed by atoms with Crippen molar-refractivity contribution < 1.29 is 0 Å². The van der Waals surface area contributed by atoms with Gasteiger partial charge in [-0.15, -0.1) is 0 Å². The van der Waals surface area contributed by atoms with Crippen molar-refractivity contribution >= 4 is 27.2 Å². The summed E-state index contributed by atoms with van der Waals surface area (Å²) in [7, 11) is 0. The number of fused-ring (bicyclic) bond motifs is 5. The summed E-state index contributed by atoms with van der Waals surface area (Å²) in [6, 6.07) is 27.5. The van der Waals surface area contributed by atoms with E-state index in [9.17, 15) is 0 Å². The monoisotopic (exact) mass is 294 g/mol. The van der Waals surface area contributed by atoms with Crippen LogP contribution in [0.5, 0.6) is 0 Å². The van der Waals surface area contributed by atoms with Crippen molar-refractivity contribution in [3.05, 3.63) is 85.1 Å². The van der Waals surface area contributed by atoms with Gasteiger partial charge in [-0.05, 0) is 11.6 Å². The van der Waals surface area contributed by atoms with Crippen molar-refractivity contribution in [1.29, 1.82) is 0 Å². The molecule has 0 spiro atoms. The molecule has 0 fully saturated rings. The average molecular weight is 294 g/mol. The molecule has 2 heterocycles. The Morgan fingerprint density at radius 2 is 1.35 bits per heavy atom. The van der Waals surface area contributed by atoms with Gasteiger partial charge in [0.15, 0.2) is 0 Å². The number of hydrogen-bond acceptors (Lipinski definition) is 1. The van der Waals surface area contributed by atoms with Crippen molar-refractivity contribution in [3.63, 3.8) is 0 Å². The highest BCUT2D eigenvalue weighted by Crippen LogP contribution is 2.37. The third-order valence-corrected chi connectivity index (χ3v) is 4.44. The van der Waals surface area contributed by atoms with Crippen LogP contribution in [0.15, 0.2) is 85.1 Å². The molecule has 0 saturated carbocycles. The molecule has 0 saturated heterocycles. The van der Waals surface area contributed by atoms with Crippen molar-refractivity contribution in [2.75, 3.05) is 0 Å². The van der Waals surface area contributed by atoms with Crippen LogP contribution in [0.2, 0.25) is 0 Å². The van der Waals surface area contributed by atoms with Crippen LogP contribution in [0.3, 0.4) is 0 Å². The third-order valence-electron chi connectivity index (χ3n) is 4.44. The first-order chi connectivity index (χ1) is 11.4. The van der Waals surface area contributed by atoms with Crippen molar-refractivity contribution in [1.82, 2.24) is 9.61 Å². The van der Waals surface area contributed by atoms with Gasteiger partial charge in [0.1, 0.15) is 0 Å². The summed E-state index contributed by atoms with van der Waals surface area (Å²) < 4.78 is 2.07. The first kappa shape index (κ1) is 12.4. The number of rotatable bonds is 1. The number of benzene rings is 3. The lowest BCUT2D eigenvalue weighted by molar-refractivity contribution is 0.988. The Balaban J connectivity index is 2.10.